The van der Waals surface area contributed by atoms with E-state index in [9.17, 15) is 13.2 Å². The van der Waals surface area contributed by atoms with Crippen molar-refractivity contribution in [2.45, 2.75) is 43.7 Å². The fraction of sp³-hybridized carbons (Fsp3) is 0.350. The van der Waals surface area contributed by atoms with Gasteiger partial charge in [-0.15, -0.1) is 0 Å². The van der Waals surface area contributed by atoms with Crippen LogP contribution in [0.4, 0.5) is 0 Å². The largest absolute Gasteiger partial charge is 0.348 e. The Balaban J connectivity index is 1.77. The summed E-state index contributed by atoms with van der Waals surface area (Å²) in [6, 6.07) is 15.6. The molecule has 26 heavy (non-hydrogen) atoms. The molecule has 1 aliphatic heterocycles. The van der Waals surface area contributed by atoms with Crippen molar-refractivity contribution in [1.29, 1.82) is 0 Å². The SMILES string of the molecule is Cc1ccc(S(=O)(=O)N2CCCC2C(=O)NC(C)c2ccccc2)cc1. The first-order chi connectivity index (χ1) is 12.4. The van der Waals surface area contributed by atoms with Gasteiger partial charge in [0, 0.05) is 6.54 Å². The van der Waals surface area contributed by atoms with Crippen molar-refractivity contribution in [1.82, 2.24) is 9.62 Å². The number of sulfonamides is 1. The highest BCUT2D eigenvalue weighted by Gasteiger charge is 2.39. The van der Waals surface area contributed by atoms with Gasteiger partial charge in [-0.3, -0.25) is 4.79 Å². The third-order valence-electron chi connectivity index (χ3n) is 4.79. The van der Waals surface area contributed by atoms with Gasteiger partial charge in [0.25, 0.3) is 0 Å². The van der Waals surface area contributed by atoms with Crippen molar-refractivity contribution in [3.63, 3.8) is 0 Å². The summed E-state index contributed by atoms with van der Waals surface area (Å²) in [7, 11) is -3.68. The number of amides is 1. The normalized spacial score (nSPS) is 19.2. The maximum Gasteiger partial charge on any atom is 0.243 e. The van der Waals surface area contributed by atoms with E-state index >= 15 is 0 Å². The molecule has 1 saturated heterocycles. The molecule has 1 amide bonds. The first kappa shape index (κ1) is 18.6. The lowest BCUT2D eigenvalue weighted by Crippen LogP contribution is -2.46. The Morgan fingerprint density at radius 1 is 1.12 bits per heavy atom. The molecule has 1 fully saturated rings. The van der Waals surface area contributed by atoms with E-state index in [-0.39, 0.29) is 16.8 Å². The standard InChI is InChI=1S/C20H24N2O3S/c1-15-10-12-18(13-11-15)26(24,25)22-14-6-9-19(22)20(23)21-16(2)17-7-4-3-5-8-17/h3-5,7-8,10-13,16,19H,6,9,14H2,1-2H3,(H,21,23). The van der Waals surface area contributed by atoms with E-state index in [1.54, 1.807) is 24.3 Å². The third-order valence-corrected chi connectivity index (χ3v) is 6.71. The van der Waals surface area contributed by atoms with Crippen LogP contribution in [-0.2, 0) is 14.8 Å². The second-order valence-electron chi connectivity index (χ2n) is 6.73. The van der Waals surface area contributed by atoms with E-state index in [4.69, 9.17) is 0 Å². The van der Waals surface area contributed by atoms with Crippen LogP contribution in [-0.4, -0.2) is 31.2 Å². The number of nitrogens with one attached hydrogen (secondary N) is 1. The second kappa shape index (κ2) is 7.60. The van der Waals surface area contributed by atoms with Gasteiger partial charge in [0.1, 0.15) is 6.04 Å². The van der Waals surface area contributed by atoms with E-state index in [1.807, 2.05) is 44.2 Å². The maximum atomic E-state index is 13.0. The van der Waals surface area contributed by atoms with Crippen LogP contribution in [0.25, 0.3) is 0 Å². The Labute approximate surface area is 155 Å². The monoisotopic (exact) mass is 372 g/mol. The van der Waals surface area contributed by atoms with Crippen LogP contribution in [0.1, 0.15) is 36.9 Å². The summed E-state index contributed by atoms with van der Waals surface area (Å²) in [5.74, 6) is -0.241. The molecule has 138 valence electrons. The number of carbonyl (C=O) groups is 1. The van der Waals surface area contributed by atoms with Crippen molar-refractivity contribution in [3.8, 4) is 0 Å². The van der Waals surface area contributed by atoms with Crippen molar-refractivity contribution < 1.29 is 13.2 Å². The molecule has 1 heterocycles. The number of hydrogen-bond donors (Lipinski definition) is 1. The molecule has 2 unspecified atom stereocenters. The van der Waals surface area contributed by atoms with Crippen molar-refractivity contribution >= 4 is 15.9 Å². The van der Waals surface area contributed by atoms with Gasteiger partial charge < -0.3 is 5.32 Å². The molecule has 2 aromatic rings. The van der Waals surface area contributed by atoms with Crippen LogP contribution in [0, 0.1) is 6.92 Å². The van der Waals surface area contributed by atoms with Crippen molar-refractivity contribution in [2.24, 2.45) is 0 Å². The molecule has 0 spiro atoms. The van der Waals surface area contributed by atoms with Gasteiger partial charge in [0.05, 0.1) is 10.9 Å². The fourth-order valence-corrected chi connectivity index (χ4v) is 4.93. The summed E-state index contributed by atoms with van der Waals surface area (Å²) in [6.07, 6.45) is 1.22. The zero-order chi connectivity index (χ0) is 18.7. The summed E-state index contributed by atoms with van der Waals surface area (Å²) in [6.45, 7) is 4.18. The minimum absolute atomic E-state index is 0.173. The number of aryl methyl sites for hydroxylation is 1. The first-order valence-electron chi connectivity index (χ1n) is 8.83. The predicted molar refractivity (Wildman–Crippen MR) is 101 cm³/mol. The molecule has 2 atom stereocenters. The Morgan fingerprint density at radius 2 is 1.77 bits per heavy atom. The van der Waals surface area contributed by atoms with Crippen LogP contribution >= 0.6 is 0 Å². The zero-order valence-corrected chi connectivity index (χ0v) is 15.9. The van der Waals surface area contributed by atoms with Gasteiger partial charge in [-0.2, -0.15) is 4.31 Å². The minimum atomic E-state index is -3.68. The smallest absolute Gasteiger partial charge is 0.243 e. The Hall–Kier alpha value is -2.18. The number of benzene rings is 2. The maximum absolute atomic E-state index is 13.0. The van der Waals surface area contributed by atoms with Crippen LogP contribution < -0.4 is 5.32 Å². The number of carbonyl (C=O) groups excluding carboxylic acids is 1. The molecule has 0 aromatic heterocycles. The van der Waals surface area contributed by atoms with Gasteiger partial charge in [0.2, 0.25) is 15.9 Å². The Kier molecular flexibility index (Phi) is 5.44. The van der Waals surface area contributed by atoms with Gasteiger partial charge in [-0.05, 0) is 44.4 Å². The van der Waals surface area contributed by atoms with Gasteiger partial charge in [0.15, 0.2) is 0 Å². The summed E-state index contributed by atoms with van der Waals surface area (Å²) < 4.78 is 27.3. The predicted octanol–water partition coefficient (Wildman–Crippen LogP) is 3.03. The lowest BCUT2D eigenvalue weighted by Gasteiger charge is -2.25. The molecule has 0 aliphatic carbocycles. The second-order valence-corrected chi connectivity index (χ2v) is 8.62. The lowest BCUT2D eigenvalue weighted by atomic mass is 10.1. The Morgan fingerprint density at radius 3 is 2.42 bits per heavy atom. The molecule has 1 N–H and O–H groups in total. The molecule has 0 radical (unpaired) electrons. The van der Waals surface area contributed by atoms with Gasteiger partial charge >= 0.3 is 0 Å². The minimum Gasteiger partial charge on any atom is -0.348 e. The van der Waals surface area contributed by atoms with E-state index in [1.165, 1.54) is 4.31 Å². The van der Waals surface area contributed by atoms with Crippen molar-refractivity contribution in [3.05, 3.63) is 65.7 Å². The van der Waals surface area contributed by atoms with E-state index in [0.717, 1.165) is 11.1 Å². The molecule has 3 rings (SSSR count). The third kappa shape index (κ3) is 3.81. The van der Waals surface area contributed by atoms with Crippen LogP contribution in [0.2, 0.25) is 0 Å². The fourth-order valence-electron chi connectivity index (χ4n) is 3.27. The van der Waals surface area contributed by atoms with Crippen LogP contribution in [0.3, 0.4) is 0 Å². The molecule has 2 aromatic carbocycles. The molecular weight excluding hydrogens is 348 g/mol. The molecule has 6 heteroatoms. The Bertz CT molecular complexity index is 864. The van der Waals surface area contributed by atoms with E-state index in [0.29, 0.717) is 19.4 Å². The highest BCUT2D eigenvalue weighted by molar-refractivity contribution is 7.89. The molecule has 0 bridgehead atoms. The summed E-state index contributed by atoms with van der Waals surface area (Å²) in [5.41, 5.74) is 1.99. The highest BCUT2D eigenvalue weighted by Crippen LogP contribution is 2.27. The number of hydrogen-bond acceptors (Lipinski definition) is 3. The van der Waals surface area contributed by atoms with Gasteiger partial charge in [-0.1, -0.05) is 48.0 Å². The molecule has 5 nitrogen and oxygen atoms in total. The van der Waals surface area contributed by atoms with Crippen molar-refractivity contribution in [2.75, 3.05) is 6.54 Å². The lowest BCUT2D eigenvalue weighted by molar-refractivity contribution is -0.124. The summed E-state index contributed by atoms with van der Waals surface area (Å²) >= 11 is 0. The number of nitrogens with zero attached hydrogens (tertiary/aromatic N) is 1. The molecule has 0 saturated carbocycles. The first-order valence-corrected chi connectivity index (χ1v) is 10.3. The van der Waals surface area contributed by atoms with Crippen LogP contribution in [0.15, 0.2) is 59.5 Å². The molecule has 1 aliphatic rings. The molecular formula is C20H24N2O3S. The highest BCUT2D eigenvalue weighted by atomic mass is 32.2. The van der Waals surface area contributed by atoms with Gasteiger partial charge in [-0.25, -0.2) is 8.42 Å². The topological polar surface area (TPSA) is 66.5 Å². The van der Waals surface area contributed by atoms with E-state index in [2.05, 4.69) is 5.32 Å². The van der Waals surface area contributed by atoms with Crippen LogP contribution in [0.5, 0.6) is 0 Å². The number of rotatable bonds is 5. The average molecular weight is 372 g/mol. The quantitative estimate of drug-likeness (QED) is 0.877. The summed E-state index contributed by atoms with van der Waals surface area (Å²) in [5, 5.41) is 2.96. The zero-order valence-electron chi connectivity index (χ0n) is 15.1. The van der Waals surface area contributed by atoms with E-state index < -0.39 is 16.1 Å². The summed E-state index contributed by atoms with van der Waals surface area (Å²) in [4.78, 5) is 13.0. The average Bonchev–Trinajstić information content (AvgIpc) is 3.13.